The van der Waals surface area contributed by atoms with Gasteiger partial charge < -0.3 is 14.9 Å². The zero-order chi connectivity index (χ0) is 29.9. The van der Waals surface area contributed by atoms with Crippen LogP contribution in [0.3, 0.4) is 0 Å². The van der Waals surface area contributed by atoms with Crippen LogP contribution in [-0.2, 0) is 9.53 Å². The molecular formula is C37H66O4. The number of hydrogen-bond acceptors (Lipinski definition) is 4. The van der Waals surface area contributed by atoms with Crippen molar-refractivity contribution < 1.29 is 19.7 Å². The van der Waals surface area contributed by atoms with E-state index in [0.29, 0.717) is 12.8 Å². The summed E-state index contributed by atoms with van der Waals surface area (Å²) < 4.78 is 4.94. The van der Waals surface area contributed by atoms with Crippen molar-refractivity contribution in [2.75, 3.05) is 13.2 Å². The van der Waals surface area contributed by atoms with Crippen LogP contribution in [0.4, 0.5) is 0 Å². The Morgan fingerprint density at radius 2 is 0.829 bits per heavy atom. The summed E-state index contributed by atoms with van der Waals surface area (Å²) in [5.41, 5.74) is 0. The Kier molecular flexibility index (Phi) is 33.2. The van der Waals surface area contributed by atoms with Crippen molar-refractivity contribution in [3.8, 4) is 0 Å². The largest absolute Gasteiger partial charge is 0.457 e. The highest BCUT2D eigenvalue weighted by molar-refractivity contribution is 5.69. The van der Waals surface area contributed by atoms with Crippen LogP contribution in [0.2, 0.25) is 0 Å². The van der Waals surface area contributed by atoms with Crippen LogP contribution in [0.25, 0.3) is 0 Å². The zero-order valence-electron chi connectivity index (χ0n) is 26.8. The van der Waals surface area contributed by atoms with Crippen LogP contribution in [0.5, 0.6) is 0 Å². The minimum absolute atomic E-state index is 0.306. The first-order valence-corrected chi connectivity index (χ1v) is 17.3. The van der Waals surface area contributed by atoms with Gasteiger partial charge in [-0.25, -0.2) is 0 Å². The summed E-state index contributed by atoms with van der Waals surface area (Å²) in [6.45, 7) is 1.59. The van der Waals surface area contributed by atoms with Crippen molar-refractivity contribution in [1.29, 1.82) is 0 Å². The normalized spacial score (nSPS) is 12.3. The number of esters is 1. The van der Waals surface area contributed by atoms with Gasteiger partial charge in [0.2, 0.25) is 0 Å². The molecule has 0 bridgehead atoms. The van der Waals surface area contributed by atoms with Crippen molar-refractivity contribution >= 4 is 5.97 Å². The zero-order valence-corrected chi connectivity index (χ0v) is 26.8. The number of ether oxygens (including phenoxy) is 1. The second kappa shape index (κ2) is 34.6. The monoisotopic (exact) mass is 574 g/mol. The predicted molar refractivity (Wildman–Crippen MR) is 177 cm³/mol. The first-order valence-electron chi connectivity index (χ1n) is 17.3. The van der Waals surface area contributed by atoms with Gasteiger partial charge >= 0.3 is 5.97 Å². The smallest absolute Gasteiger partial charge is 0.306 e. The molecule has 0 aromatic carbocycles. The third-order valence-corrected chi connectivity index (χ3v) is 7.44. The highest BCUT2D eigenvalue weighted by Crippen LogP contribution is 2.13. The van der Waals surface area contributed by atoms with Crippen molar-refractivity contribution in [2.45, 2.75) is 167 Å². The molecule has 4 nitrogen and oxygen atoms in total. The highest BCUT2D eigenvalue weighted by atomic mass is 16.6. The van der Waals surface area contributed by atoms with Crippen molar-refractivity contribution in [3.63, 3.8) is 0 Å². The molecule has 0 heterocycles. The fourth-order valence-corrected chi connectivity index (χ4v) is 4.78. The maximum atomic E-state index is 11.5. The maximum absolute atomic E-state index is 11.5. The van der Waals surface area contributed by atoms with E-state index in [1.807, 2.05) is 6.08 Å². The summed E-state index contributed by atoms with van der Waals surface area (Å²) in [7, 11) is 0. The molecule has 238 valence electrons. The summed E-state index contributed by atoms with van der Waals surface area (Å²) in [6.07, 6.45) is 47.0. The van der Waals surface area contributed by atoms with Crippen LogP contribution in [0.1, 0.15) is 161 Å². The van der Waals surface area contributed by atoms with E-state index < -0.39 is 6.10 Å². The summed E-state index contributed by atoms with van der Waals surface area (Å²) in [4.78, 5) is 11.5. The molecule has 0 aromatic heterocycles. The van der Waals surface area contributed by atoms with Crippen LogP contribution in [0, 0.1) is 0 Å². The summed E-state index contributed by atoms with van der Waals surface area (Å²) in [5.74, 6) is -0.367. The van der Waals surface area contributed by atoms with Gasteiger partial charge in [-0.15, -0.1) is 0 Å². The Morgan fingerprint density at radius 3 is 1.17 bits per heavy atom. The van der Waals surface area contributed by atoms with Gasteiger partial charge in [-0.1, -0.05) is 152 Å². The fraction of sp³-hybridized carbons (Fsp3) is 0.757. The van der Waals surface area contributed by atoms with Gasteiger partial charge in [-0.2, -0.15) is 0 Å². The number of carbonyl (C=O) groups excluding carboxylic acids is 1. The van der Waals surface area contributed by atoms with Crippen molar-refractivity contribution in [2.24, 2.45) is 0 Å². The minimum atomic E-state index is -0.795. The van der Waals surface area contributed by atoms with Gasteiger partial charge in [0.1, 0.15) is 6.10 Å². The molecule has 0 saturated heterocycles. The first kappa shape index (κ1) is 39.4. The number of carbonyl (C=O) groups is 1. The average molecular weight is 575 g/mol. The van der Waals surface area contributed by atoms with Gasteiger partial charge in [-0.3, -0.25) is 4.79 Å². The number of aliphatic hydroxyl groups excluding tert-OH is 2. The van der Waals surface area contributed by atoms with E-state index in [-0.39, 0.29) is 19.2 Å². The van der Waals surface area contributed by atoms with Gasteiger partial charge in [0, 0.05) is 6.42 Å². The minimum Gasteiger partial charge on any atom is -0.457 e. The highest BCUT2D eigenvalue weighted by Gasteiger charge is 2.11. The first-order chi connectivity index (χ1) is 20.2. The molecular weight excluding hydrogens is 508 g/mol. The van der Waals surface area contributed by atoms with Crippen molar-refractivity contribution in [3.05, 3.63) is 48.6 Å². The molecule has 4 heteroatoms. The third-order valence-electron chi connectivity index (χ3n) is 7.44. The van der Waals surface area contributed by atoms with Crippen molar-refractivity contribution in [1.82, 2.24) is 0 Å². The standard InChI is InChI=1S/C37H66O4/c1-2-3-4-5-6-7-8-9-10-11-12-13-14-15-16-17-18-19-20-21-22-23-24-25-26-27-28-29-30-31-32-33-37(40)41-36(34-38)35-39/h9-12,27-30,36,38-39H,2-8,13-26,31-35H2,1H3/b10-9+,12-11+,28-27+,30-29+. The van der Waals surface area contributed by atoms with E-state index in [1.165, 1.54) is 128 Å². The lowest BCUT2D eigenvalue weighted by atomic mass is 10.0. The van der Waals surface area contributed by atoms with Crippen LogP contribution in [-0.4, -0.2) is 35.5 Å². The van der Waals surface area contributed by atoms with Gasteiger partial charge in [0.15, 0.2) is 0 Å². The maximum Gasteiger partial charge on any atom is 0.306 e. The Labute approximate surface area is 254 Å². The summed E-state index contributed by atoms with van der Waals surface area (Å²) in [6, 6.07) is 0. The van der Waals surface area contributed by atoms with Gasteiger partial charge in [0.25, 0.3) is 0 Å². The molecule has 0 saturated carbocycles. The molecule has 0 aliphatic rings. The summed E-state index contributed by atoms with van der Waals surface area (Å²) in [5, 5.41) is 17.8. The van der Waals surface area contributed by atoms with Crippen LogP contribution in [0.15, 0.2) is 48.6 Å². The number of unbranched alkanes of at least 4 members (excludes halogenated alkanes) is 20. The quantitative estimate of drug-likeness (QED) is 0.0491. The lowest BCUT2D eigenvalue weighted by Gasteiger charge is -2.11. The SMILES string of the molecule is CCCCCCCC/C=C/C=C/CCCCCCCCCCCCCC/C=C/C=C/CCCC(=O)OC(CO)CO. The molecule has 41 heavy (non-hydrogen) atoms. The third kappa shape index (κ3) is 32.7. The van der Waals surface area contributed by atoms with E-state index in [4.69, 9.17) is 14.9 Å². The van der Waals surface area contributed by atoms with E-state index >= 15 is 0 Å². The second-order valence-corrected chi connectivity index (χ2v) is 11.5. The Morgan fingerprint density at radius 1 is 0.512 bits per heavy atom. The number of hydrogen-bond donors (Lipinski definition) is 2. The van der Waals surface area contributed by atoms with Crippen LogP contribution >= 0.6 is 0 Å². The number of allylic oxidation sites excluding steroid dienone is 8. The molecule has 0 aromatic rings. The number of rotatable bonds is 31. The molecule has 0 spiro atoms. The molecule has 2 N–H and O–H groups in total. The number of aliphatic hydroxyl groups is 2. The topological polar surface area (TPSA) is 66.8 Å². The molecule has 0 rings (SSSR count). The fourth-order valence-electron chi connectivity index (χ4n) is 4.78. The van der Waals surface area contributed by atoms with E-state index in [0.717, 1.165) is 12.8 Å². The molecule has 0 fully saturated rings. The Balaban J connectivity index is 3.30. The van der Waals surface area contributed by atoms with E-state index in [2.05, 4.69) is 49.5 Å². The molecule has 0 aliphatic carbocycles. The predicted octanol–water partition coefficient (Wildman–Crippen LogP) is 10.5. The molecule has 0 radical (unpaired) electrons. The van der Waals surface area contributed by atoms with E-state index in [1.54, 1.807) is 0 Å². The molecule has 0 amide bonds. The Bertz CT molecular complexity index is 645. The Hall–Kier alpha value is -1.65. The lowest BCUT2D eigenvalue weighted by Crippen LogP contribution is -2.25. The molecule has 0 aliphatic heterocycles. The van der Waals surface area contributed by atoms with Crippen LogP contribution < -0.4 is 0 Å². The second-order valence-electron chi connectivity index (χ2n) is 11.5. The summed E-state index contributed by atoms with van der Waals surface area (Å²) >= 11 is 0. The average Bonchev–Trinajstić information content (AvgIpc) is 2.98. The van der Waals surface area contributed by atoms with Gasteiger partial charge in [-0.05, 0) is 51.4 Å². The molecule has 0 atom stereocenters. The van der Waals surface area contributed by atoms with Gasteiger partial charge in [0.05, 0.1) is 13.2 Å². The lowest BCUT2D eigenvalue weighted by molar-refractivity contribution is -0.153. The van der Waals surface area contributed by atoms with E-state index in [9.17, 15) is 4.79 Å². The molecule has 0 unspecified atom stereocenters.